The van der Waals surface area contributed by atoms with Crippen LogP contribution in [-0.2, 0) is 0 Å². The van der Waals surface area contributed by atoms with E-state index in [1.165, 1.54) is 0 Å². The van der Waals surface area contributed by atoms with Crippen molar-refractivity contribution in [3.05, 3.63) is 52.6 Å². The third-order valence-corrected chi connectivity index (χ3v) is 3.92. The van der Waals surface area contributed by atoms with Gasteiger partial charge in [-0.15, -0.1) is 0 Å². The summed E-state index contributed by atoms with van der Waals surface area (Å²) in [5.74, 6) is 0.555. The Morgan fingerprint density at radius 3 is 2.78 bits per heavy atom. The molecule has 0 aliphatic carbocycles. The van der Waals surface area contributed by atoms with Gasteiger partial charge in [-0.05, 0) is 67.3 Å². The Bertz CT molecular complexity index is 661. The summed E-state index contributed by atoms with van der Waals surface area (Å²) in [6.07, 6.45) is 2.66. The monoisotopic (exact) mass is 376 g/mol. The van der Waals surface area contributed by atoms with Crippen LogP contribution in [0.25, 0.3) is 0 Å². The van der Waals surface area contributed by atoms with E-state index >= 15 is 0 Å². The van der Waals surface area contributed by atoms with Gasteiger partial charge in [-0.3, -0.25) is 4.79 Å². The standard InChI is InChI=1S/C17H21BrN4O/c1-22(2)11-5-9-19-16-12-13(8-10-20-16)17(23)21-15-7-4-3-6-14(15)18/h3-4,6-8,10,12H,5,9,11H2,1-2H3,(H,19,20)(H,21,23). The Hall–Kier alpha value is -1.92. The molecule has 2 aromatic rings. The summed E-state index contributed by atoms with van der Waals surface area (Å²) in [6.45, 7) is 1.83. The van der Waals surface area contributed by atoms with Gasteiger partial charge in [0.2, 0.25) is 0 Å². The number of nitrogens with zero attached hydrogens (tertiary/aromatic N) is 2. The number of para-hydroxylation sites is 1. The minimum atomic E-state index is -0.157. The zero-order valence-electron chi connectivity index (χ0n) is 13.3. The Kier molecular flexibility index (Phi) is 6.55. The molecular formula is C17H21BrN4O. The summed E-state index contributed by atoms with van der Waals surface area (Å²) in [4.78, 5) is 18.7. The van der Waals surface area contributed by atoms with Crippen molar-refractivity contribution in [3.8, 4) is 0 Å². The molecule has 0 atom stereocenters. The fraction of sp³-hybridized carbons (Fsp3) is 0.294. The second-order valence-corrected chi connectivity index (χ2v) is 6.30. The van der Waals surface area contributed by atoms with E-state index in [0.717, 1.165) is 29.7 Å². The summed E-state index contributed by atoms with van der Waals surface area (Å²) in [6, 6.07) is 11.0. The molecular weight excluding hydrogens is 356 g/mol. The topological polar surface area (TPSA) is 57.3 Å². The van der Waals surface area contributed by atoms with Crippen LogP contribution < -0.4 is 10.6 Å². The summed E-state index contributed by atoms with van der Waals surface area (Å²) in [5, 5.41) is 6.13. The SMILES string of the molecule is CN(C)CCCNc1cc(C(=O)Nc2ccccc2Br)ccn1. The van der Waals surface area contributed by atoms with Crippen molar-refractivity contribution in [3.63, 3.8) is 0 Å². The molecule has 0 aliphatic heterocycles. The molecule has 1 aromatic heterocycles. The lowest BCUT2D eigenvalue weighted by Gasteiger charge is -2.11. The number of amides is 1. The third kappa shape index (κ3) is 5.65. The van der Waals surface area contributed by atoms with E-state index < -0.39 is 0 Å². The predicted octanol–water partition coefficient (Wildman–Crippen LogP) is 3.46. The molecule has 0 saturated carbocycles. The highest BCUT2D eigenvalue weighted by Crippen LogP contribution is 2.22. The van der Waals surface area contributed by atoms with Gasteiger partial charge < -0.3 is 15.5 Å². The smallest absolute Gasteiger partial charge is 0.255 e. The van der Waals surface area contributed by atoms with Gasteiger partial charge in [-0.2, -0.15) is 0 Å². The van der Waals surface area contributed by atoms with Crippen molar-refractivity contribution in [1.82, 2.24) is 9.88 Å². The molecule has 0 aliphatic rings. The van der Waals surface area contributed by atoms with Crippen LogP contribution in [0.15, 0.2) is 47.1 Å². The molecule has 0 fully saturated rings. The fourth-order valence-electron chi connectivity index (χ4n) is 2.04. The van der Waals surface area contributed by atoms with Gasteiger partial charge in [0.1, 0.15) is 5.82 Å². The van der Waals surface area contributed by atoms with Crippen molar-refractivity contribution < 1.29 is 4.79 Å². The lowest BCUT2D eigenvalue weighted by Crippen LogP contribution is -2.17. The summed E-state index contributed by atoms with van der Waals surface area (Å²) in [5.41, 5.74) is 1.32. The molecule has 1 heterocycles. The predicted molar refractivity (Wildman–Crippen MR) is 98.0 cm³/mol. The molecule has 23 heavy (non-hydrogen) atoms. The Morgan fingerprint density at radius 2 is 2.04 bits per heavy atom. The molecule has 0 saturated heterocycles. The van der Waals surface area contributed by atoms with E-state index in [1.54, 1.807) is 18.3 Å². The second-order valence-electron chi connectivity index (χ2n) is 5.45. The highest BCUT2D eigenvalue weighted by molar-refractivity contribution is 9.10. The molecule has 1 aromatic carbocycles. The van der Waals surface area contributed by atoms with Crippen LogP contribution in [0, 0.1) is 0 Å². The van der Waals surface area contributed by atoms with Crippen LogP contribution in [0.3, 0.4) is 0 Å². The minimum absolute atomic E-state index is 0.157. The minimum Gasteiger partial charge on any atom is -0.370 e. The van der Waals surface area contributed by atoms with Crippen LogP contribution >= 0.6 is 15.9 Å². The highest BCUT2D eigenvalue weighted by atomic mass is 79.9. The number of nitrogens with one attached hydrogen (secondary N) is 2. The molecule has 6 heteroatoms. The maximum absolute atomic E-state index is 12.3. The van der Waals surface area contributed by atoms with Gasteiger partial charge >= 0.3 is 0 Å². The van der Waals surface area contributed by atoms with Crippen LogP contribution in [0.1, 0.15) is 16.8 Å². The van der Waals surface area contributed by atoms with Crippen LogP contribution in [0.2, 0.25) is 0 Å². The molecule has 1 amide bonds. The molecule has 122 valence electrons. The lowest BCUT2D eigenvalue weighted by molar-refractivity contribution is 0.102. The number of carbonyl (C=O) groups excluding carboxylic acids is 1. The number of rotatable bonds is 7. The van der Waals surface area contributed by atoms with Crippen LogP contribution in [0.5, 0.6) is 0 Å². The number of aromatic nitrogens is 1. The van der Waals surface area contributed by atoms with Crippen LogP contribution in [-0.4, -0.2) is 43.0 Å². The van der Waals surface area contributed by atoms with Gasteiger partial charge in [0.05, 0.1) is 5.69 Å². The Morgan fingerprint density at radius 1 is 1.26 bits per heavy atom. The number of hydrogen-bond donors (Lipinski definition) is 2. The Labute approximate surface area is 145 Å². The second kappa shape index (κ2) is 8.64. The van der Waals surface area contributed by atoms with Crippen molar-refractivity contribution >= 4 is 33.3 Å². The number of pyridine rings is 1. The first-order chi connectivity index (χ1) is 11.1. The largest absolute Gasteiger partial charge is 0.370 e. The van der Waals surface area contributed by atoms with Crippen molar-refractivity contribution in [2.24, 2.45) is 0 Å². The van der Waals surface area contributed by atoms with Crippen molar-refractivity contribution in [1.29, 1.82) is 0 Å². The third-order valence-electron chi connectivity index (χ3n) is 3.23. The summed E-state index contributed by atoms with van der Waals surface area (Å²) >= 11 is 3.42. The fourth-order valence-corrected chi connectivity index (χ4v) is 2.42. The van der Waals surface area contributed by atoms with E-state index in [2.05, 4.69) is 36.4 Å². The van der Waals surface area contributed by atoms with E-state index in [-0.39, 0.29) is 5.91 Å². The maximum Gasteiger partial charge on any atom is 0.255 e. The molecule has 5 nitrogen and oxygen atoms in total. The van der Waals surface area contributed by atoms with Crippen molar-refractivity contribution in [2.45, 2.75) is 6.42 Å². The number of benzene rings is 1. The molecule has 2 N–H and O–H groups in total. The van der Waals surface area contributed by atoms with E-state index in [0.29, 0.717) is 11.4 Å². The zero-order chi connectivity index (χ0) is 16.7. The summed E-state index contributed by atoms with van der Waals surface area (Å²) < 4.78 is 0.851. The quantitative estimate of drug-likeness (QED) is 0.726. The molecule has 0 spiro atoms. The first kappa shape index (κ1) is 17.4. The number of halogens is 1. The lowest BCUT2D eigenvalue weighted by atomic mass is 10.2. The van der Waals surface area contributed by atoms with E-state index in [4.69, 9.17) is 0 Å². The number of carbonyl (C=O) groups is 1. The first-order valence-electron chi connectivity index (χ1n) is 7.47. The average molecular weight is 377 g/mol. The molecule has 0 bridgehead atoms. The highest BCUT2D eigenvalue weighted by Gasteiger charge is 2.09. The molecule has 0 radical (unpaired) electrons. The zero-order valence-corrected chi connectivity index (χ0v) is 14.9. The maximum atomic E-state index is 12.3. The summed E-state index contributed by atoms with van der Waals surface area (Å²) in [7, 11) is 4.09. The van der Waals surface area contributed by atoms with Gasteiger partial charge in [0.25, 0.3) is 5.91 Å². The van der Waals surface area contributed by atoms with Gasteiger partial charge in [-0.1, -0.05) is 12.1 Å². The van der Waals surface area contributed by atoms with Gasteiger partial charge in [-0.25, -0.2) is 4.98 Å². The number of anilines is 2. The molecule has 2 rings (SSSR count). The first-order valence-corrected chi connectivity index (χ1v) is 8.26. The normalized spacial score (nSPS) is 10.6. The molecule has 0 unspecified atom stereocenters. The van der Waals surface area contributed by atoms with Crippen LogP contribution in [0.4, 0.5) is 11.5 Å². The van der Waals surface area contributed by atoms with Gasteiger partial charge in [0.15, 0.2) is 0 Å². The van der Waals surface area contributed by atoms with Gasteiger partial charge in [0, 0.05) is 22.8 Å². The average Bonchev–Trinajstić information content (AvgIpc) is 2.54. The number of hydrogen-bond acceptors (Lipinski definition) is 4. The Balaban J connectivity index is 1.96. The van der Waals surface area contributed by atoms with E-state index in [9.17, 15) is 4.79 Å². The van der Waals surface area contributed by atoms with E-state index in [1.807, 2.05) is 38.4 Å². The van der Waals surface area contributed by atoms with Crippen molar-refractivity contribution in [2.75, 3.05) is 37.8 Å².